The number of hydrogen-bond donors (Lipinski definition) is 2. The first-order valence-corrected chi connectivity index (χ1v) is 4.54. The van der Waals surface area contributed by atoms with Crippen LogP contribution in [0.1, 0.15) is 5.56 Å². The number of rotatable bonds is 5. The largest absolute Gasteiger partial charge is 0.379 e. The van der Waals surface area contributed by atoms with Crippen molar-refractivity contribution in [1.82, 2.24) is 0 Å². The summed E-state index contributed by atoms with van der Waals surface area (Å²) in [5.41, 5.74) is 7.14. The summed E-state index contributed by atoms with van der Waals surface area (Å²) in [4.78, 5) is 0. The van der Waals surface area contributed by atoms with Crippen molar-refractivity contribution in [2.45, 2.75) is 12.8 Å². The first-order chi connectivity index (χ1) is 6.74. The maximum absolute atomic E-state index is 12.0. The second-order valence-electron chi connectivity index (χ2n) is 2.97. The van der Waals surface area contributed by atoms with Gasteiger partial charge in [-0.2, -0.15) is 0 Å². The van der Waals surface area contributed by atoms with Crippen LogP contribution < -0.4 is 11.1 Å². The van der Waals surface area contributed by atoms with E-state index >= 15 is 0 Å². The van der Waals surface area contributed by atoms with Gasteiger partial charge in [0.2, 0.25) is 0 Å². The van der Waals surface area contributed by atoms with E-state index in [0.717, 1.165) is 11.3 Å². The molecule has 2 nitrogen and oxygen atoms in total. The molecule has 0 heterocycles. The average molecular weight is 200 g/mol. The highest BCUT2D eigenvalue weighted by molar-refractivity contribution is 5.51. The van der Waals surface area contributed by atoms with Crippen molar-refractivity contribution in [3.05, 3.63) is 29.8 Å². The van der Waals surface area contributed by atoms with Gasteiger partial charge in [-0.05, 0) is 24.6 Å². The van der Waals surface area contributed by atoms with Crippen LogP contribution >= 0.6 is 0 Å². The third kappa shape index (κ3) is 3.30. The predicted octanol–water partition coefficient (Wildman–Crippen LogP) is 1.86. The van der Waals surface area contributed by atoms with Crippen LogP contribution in [0.5, 0.6) is 0 Å². The minimum absolute atomic E-state index is 0.318. The van der Waals surface area contributed by atoms with Gasteiger partial charge in [0.1, 0.15) is 0 Å². The molecule has 0 aromatic heterocycles. The van der Waals surface area contributed by atoms with Crippen LogP contribution in [-0.4, -0.2) is 19.5 Å². The van der Waals surface area contributed by atoms with Crippen molar-refractivity contribution in [3.8, 4) is 0 Å². The van der Waals surface area contributed by atoms with Gasteiger partial charge < -0.3 is 11.1 Å². The van der Waals surface area contributed by atoms with E-state index in [1.807, 2.05) is 18.2 Å². The topological polar surface area (TPSA) is 38.0 Å². The van der Waals surface area contributed by atoms with Crippen molar-refractivity contribution in [1.29, 1.82) is 0 Å². The summed E-state index contributed by atoms with van der Waals surface area (Å²) in [5.74, 6) is 0. The Morgan fingerprint density at radius 2 is 2.00 bits per heavy atom. The standard InChI is InChI=1S/C10H14F2N2/c11-10(12)7-14-9-4-2-1-3-8(9)5-6-13/h1-4,10,14H,5-7,13H2. The molecule has 14 heavy (non-hydrogen) atoms. The molecule has 0 saturated carbocycles. The molecule has 1 aromatic rings. The van der Waals surface area contributed by atoms with E-state index in [1.54, 1.807) is 6.07 Å². The van der Waals surface area contributed by atoms with Crippen molar-refractivity contribution in [2.75, 3.05) is 18.4 Å². The third-order valence-electron chi connectivity index (χ3n) is 1.88. The van der Waals surface area contributed by atoms with E-state index in [-0.39, 0.29) is 6.54 Å². The van der Waals surface area contributed by atoms with E-state index in [1.165, 1.54) is 0 Å². The normalized spacial score (nSPS) is 10.6. The first-order valence-electron chi connectivity index (χ1n) is 4.54. The SMILES string of the molecule is NCCc1ccccc1NCC(F)F. The lowest BCUT2D eigenvalue weighted by atomic mass is 10.1. The monoisotopic (exact) mass is 200 g/mol. The quantitative estimate of drug-likeness (QED) is 0.761. The number of para-hydroxylation sites is 1. The van der Waals surface area contributed by atoms with Crippen LogP contribution in [0, 0.1) is 0 Å². The molecule has 0 aliphatic carbocycles. The lowest BCUT2D eigenvalue weighted by Gasteiger charge is -2.10. The summed E-state index contributed by atoms with van der Waals surface area (Å²) in [7, 11) is 0. The summed E-state index contributed by atoms with van der Waals surface area (Å²) >= 11 is 0. The zero-order valence-corrected chi connectivity index (χ0v) is 7.84. The Morgan fingerprint density at radius 1 is 1.29 bits per heavy atom. The van der Waals surface area contributed by atoms with E-state index in [2.05, 4.69) is 5.32 Å². The fourth-order valence-electron chi connectivity index (χ4n) is 1.25. The predicted molar refractivity (Wildman–Crippen MR) is 53.7 cm³/mol. The Hall–Kier alpha value is -1.16. The van der Waals surface area contributed by atoms with E-state index < -0.39 is 6.43 Å². The maximum Gasteiger partial charge on any atom is 0.255 e. The zero-order valence-electron chi connectivity index (χ0n) is 7.84. The number of anilines is 1. The van der Waals surface area contributed by atoms with Crippen molar-refractivity contribution >= 4 is 5.69 Å². The van der Waals surface area contributed by atoms with Crippen LogP contribution in [0.2, 0.25) is 0 Å². The molecule has 0 bridgehead atoms. The molecular weight excluding hydrogens is 186 g/mol. The second kappa shape index (κ2) is 5.54. The van der Waals surface area contributed by atoms with Gasteiger partial charge in [0.05, 0.1) is 6.54 Å². The van der Waals surface area contributed by atoms with Gasteiger partial charge in [-0.1, -0.05) is 18.2 Å². The minimum atomic E-state index is -2.33. The van der Waals surface area contributed by atoms with E-state index in [0.29, 0.717) is 13.0 Å². The summed E-state index contributed by atoms with van der Waals surface area (Å²) in [5, 5.41) is 2.69. The van der Waals surface area contributed by atoms with Crippen LogP contribution in [0.15, 0.2) is 24.3 Å². The van der Waals surface area contributed by atoms with E-state index in [4.69, 9.17) is 5.73 Å². The van der Waals surface area contributed by atoms with Crippen LogP contribution in [0.4, 0.5) is 14.5 Å². The lowest BCUT2D eigenvalue weighted by molar-refractivity contribution is 0.163. The Labute approximate surface area is 82.1 Å². The molecule has 0 unspecified atom stereocenters. The van der Waals surface area contributed by atoms with Crippen molar-refractivity contribution in [3.63, 3.8) is 0 Å². The molecule has 0 aliphatic rings. The molecule has 0 atom stereocenters. The van der Waals surface area contributed by atoms with Crippen LogP contribution in [-0.2, 0) is 6.42 Å². The summed E-state index contributed by atoms with van der Waals surface area (Å²) in [6.07, 6.45) is -1.63. The maximum atomic E-state index is 12.0. The smallest absolute Gasteiger partial charge is 0.255 e. The molecule has 78 valence electrons. The number of halogens is 2. The van der Waals surface area contributed by atoms with Crippen molar-refractivity contribution in [2.24, 2.45) is 5.73 Å². The van der Waals surface area contributed by atoms with Crippen molar-refractivity contribution < 1.29 is 8.78 Å². The number of benzene rings is 1. The van der Waals surface area contributed by atoms with Crippen LogP contribution in [0.3, 0.4) is 0 Å². The zero-order chi connectivity index (χ0) is 10.4. The average Bonchev–Trinajstić information content (AvgIpc) is 2.17. The molecule has 0 amide bonds. The van der Waals surface area contributed by atoms with E-state index in [9.17, 15) is 8.78 Å². The molecule has 0 saturated heterocycles. The molecule has 0 fully saturated rings. The van der Waals surface area contributed by atoms with Gasteiger partial charge >= 0.3 is 0 Å². The number of nitrogens with one attached hydrogen (secondary N) is 1. The van der Waals surface area contributed by atoms with Gasteiger partial charge in [0.25, 0.3) is 6.43 Å². The minimum Gasteiger partial charge on any atom is -0.379 e. The molecule has 1 rings (SSSR count). The Kier molecular flexibility index (Phi) is 4.32. The van der Waals surface area contributed by atoms with Crippen LogP contribution in [0.25, 0.3) is 0 Å². The fourth-order valence-corrected chi connectivity index (χ4v) is 1.25. The summed E-state index contributed by atoms with van der Waals surface area (Å²) in [6.45, 7) is 0.203. The highest BCUT2D eigenvalue weighted by Gasteiger charge is 2.04. The molecule has 0 aliphatic heterocycles. The first kappa shape index (κ1) is 10.9. The third-order valence-corrected chi connectivity index (χ3v) is 1.88. The summed E-state index contributed by atoms with van der Waals surface area (Å²) in [6, 6.07) is 7.36. The van der Waals surface area contributed by atoms with Gasteiger partial charge in [-0.25, -0.2) is 8.78 Å². The fraction of sp³-hybridized carbons (Fsp3) is 0.400. The lowest BCUT2D eigenvalue weighted by Crippen LogP contribution is -2.12. The second-order valence-corrected chi connectivity index (χ2v) is 2.97. The van der Waals surface area contributed by atoms with Gasteiger partial charge in [0.15, 0.2) is 0 Å². The Balaban J connectivity index is 2.64. The highest BCUT2D eigenvalue weighted by Crippen LogP contribution is 2.15. The Morgan fingerprint density at radius 3 is 2.64 bits per heavy atom. The molecule has 3 N–H and O–H groups in total. The Bertz CT molecular complexity index is 277. The molecule has 1 aromatic carbocycles. The van der Waals surface area contributed by atoms with Gasteiger partial charge in [-0.3, -0.25) is 0 Å². The molecular formula is C10H14F2N2. The summed E-state index contributed by atoms with van der Waals surface area (Å²) < 4.78 is 23.9. The molecule has 4 heteroatoms. The number of nitrogens with two attached hydrogens (primary N) is 1. The number of hydrogen-bond acceptors (Lipinski definition) is 2. The molecule has 0 radical (unpaired) electrons. The molecule has 0 spiro atoms. The number of alkyl halides is 2. The van der Waals surface area contributed by atoms with Gasteiger partial charge in [0, 0.05) is 5.69 Å². The van der Waals surface area contributed by atoms with Gasteiger partial charge in [-0.15, -0.1) is 0 Å². The highest BCUT2D eigenvalue weighted by atomic mass is 19.3.